The molecule has 0 amide bonds. The Morgan fingerprint density at radius 3 is 2.43 bits per heavy atom. The highest BCUT2D eigenvalue weighted by Gasteiger charge is 2.27. The summed E-state index contributed by atoms with van der Waals surface area (Å²) in [4.78, 5) is 11.4. The van der Waals surface area contributed by atoms with Gasteiger partial charge in [0.25, 0.3) is 10.0 Å². The lowest BCUT2D eigenvalue weighted by molar-refractivity contribution is 0.122. The van der Waals surface area contributed by atoms with E-state index in [1.807, 2.05) is 6.07 Å². The van der Waals surface area contributed by atoms with Crippen LogP contribution in [0.3, 0.4) is 0 Å². The van der Waals surface area contributed by atoms with Crippen molar-refractivity contribution in [3.05, 3.63) is 78.9 Å². The third-order valence-electron chi connectivity index (χ3n) is 7.26. The van der Waals surface area contributed by atoms with Crippen molar-refractivity contribution in [3.63, 3.8) is 0 Å². The molecular weight excluding hydrogens is 561 g/mol. The van der Waals surface area contributed by atoms with E-state index in [1.54, 1.807) is 42.6 Å². The molecule has 12 heteroatoms. The zero-order valence-corrected chi connectivity index (χ0v) is 23.3. The molecule has 2 aliphatic rings. The Morgan fingerprint density at radius 1 is 0.833 bits per heavy atom. The molecule has 0 unspecified atom stereocenters. The molecule has 214 valence electrons. The van der Waals surface area contributed by atoms with Crippen molar-refractivity contribution in [2.75, 3.05) is 44.4 Å². The summed E-state index contributed by atoms with van der Waals surface area (Å²) in [5.41, 5.74) is 1.61. The molecule has 10 nitrogen and oxygen atoms in total. The van der Waals surface area contributed by atoms with E-state index in [0.29, 0.717) is 79.0 Å². The van der Waals surface area contributed by atoms with Gasteiger partial charge in [-0.25, -0.2) is 9.37 Å². The Labute approximate surface area is 241 Å². The quantitative estimate of drug-likeness (QED) is 0.301. The predicted molar refractivity (Wildman–Crippen MR) is 154 cm³/mol. The molecule has 1 fully saturated rings. The lowest BCUT2D eigenvalue weighted by atomic mass is 10.1. The van der Waals surface area contributed by atoms with Crippen LogP contribution in [0.4, 0.5) is 10.2 Å². The lowest BCUT2D eigenvalue weighted by Crippen LogP contribution is -2.37. The number of anilines is 1. The number of halogens is 1. The van der Waals surface area contributed by atoms with E-state index in [-0.39, 0.29) is 22.6 Å². The highest BCUT2D eigenvalue weighted by molar-refractivity contribution is 7.90. The number of benzene rings is 2. The summed E-state index contributed by atoms with van der Waals surface area (Å²) in [5, 5.41) is 5.06. The molecule has 5 heterocycles. The van der Waals surface area contributed by atoms with Crippen molar-refractivity contribution in [2.24, 2.45) is 0 Å². The van der Waals surface area contributed by atoms with Crippen molar-refractivity contribution in [1.29, 1.82) is 0 Å². The molecule has 0 saturated carbocycles. The van der Waals surface area contributed by atoms with Gasteiger partial charge in [-0.3, -0.25) is 4.98 Å². The van der Waals surface area contributed by atoms with Crippen LogP contribution in [0.5, 0.6) is 11.5 Å². The molecule has 4 bridgehead atoms. The van der Waals surface area contributed by atoms with Crippen molar-refractivity contribution < 1.29 is 27.0 Å². The minimum absolute atomic E-state index is 0.0746. The minimum Gasteiger partial charge on any atom is -0.493 e. The number of fused-ring (bicyclic) bond motifs is 6. The predicted octanol–water partition coefficient (Wildman–Crippen LogP) is 4.53. The average Bonchev–Trinajstić information content (AvgIpc) is 3.41. The zero-order valence-electron chi connectivity index (χ0n) is 22.4. The molecule has 7 rings (SSSR count). The van der Waals surface area contributed by atoms with E-state index in [2.05, 4.69) is 15.0 Å². The van der Waals surface area contributed by atoms with Crippen LogP contribution in [0.25, 0.3) is 33.4 Å². The number of pyridine rings is 2. The molecule has 42 heavy (non-hydrogen) atoms. The number of hydrogen-bond donors (Lipinski definition) is 0. The SMILES string of the molecule is O=S(=O)(c1ccccc1)n1nc2c3cc(ncc31)-c1c(F)cccc1OCCCOc1cc-2cnc1N1CCOCC1. The summed E-state index contributed by atoms with van der Waals surface area (Å²) >= 11 is 0. The molecule has 0 spiro atoms. The Hall–Kier alpha value is -4.55. The minimum atomic E-state index is -4.09. The van der Waals surface area contributed by atoms with Gasteiger partial charge in [-0.15, -0.1) is 0 Å². The topological polar surface area (TPSA) is 109 Å². The third kappa shape index (κ3) is 4.62. The number of hydrogen-bond acceptors (Lipinski definition) is 9. The number of nitrogens with zero attached hydrogens (tertiary/aromatic N) is 5. The number of ether oxygens (including phenoxy) is 3. The van der Waals surface area contributed by atoms with Crippen molar-refractivity contribution in [1.82, 2.24) is 19.2 Å². The van der Waals surface area contributed by atoms with Gasteiger partial charge in [0.05, 0.1) is 48.8 Å². The molecule has 2 aromatic carbocycles. The van der Waals surface area contributed by atoms with Crippen LogP contribution in [0, 0.1) is 5.82 Å². The second-order valence-electron chi connectivity index (χ2n) is 9.90. The summed E-state index contributed by atoms with van der Waals surface area (Å²) in [7, 11) is -4.09. The largest absolute Gasteiger partial charge is 0.493 e. The first-order valence-corrected chi connectivity index (χ1v) is 15.0. The Kier molecular flexibility index (Phi) is 6.71. The van der Waals surface area contributed by atoms with E-state index in [9.17, 15) is 8.42 Å². The highest BCUT2D eigenvalue weighted by atomic mass is 32.2. The van der Waals surface area contributed by atoms with Crippen LogP contribution < -0.4 is 14.4 Å². The normalized spacial score (nSPS) is 15.5. The molecule has 5 aromatic rings. The second kappa shape index (κ2) is 10.7. The molecule has 0 aliphatic carbocycles. The Balaban J connectivity index is 1.48. The maximum absolute atomic E-state index is 15.2. The number of aromatic nitrogens is 4. The second-order valence-corrected chi connectivity index (χ2v) is 11.7. The van der Waals surface area contributed by atoms with Crippen LogP contribution in [0.15, 0.2) is 78.0 Å². The summed E-state index contributed by atoms with van der Waals surface area (Å²) in [6, 6.07) is 16.1. The highest BCUT2D eigenvalue weighted by Crippen LogP contribution is 2.39. The summed E-state index contributed by atoms with van der Waals surface area (Å²) in [6.45, 7) is 3.09. The van der Waals surface area contributed by atoms with E-state index < -0.39 is 15.8 Å². The molecular formula is C30H26FN5O5S. The first kappa shape index (κ1) is 26.4. The van der Waals surface area contributed by atoms with E-state index >= 15 is 4.39 Å². The first-order chi connectivity index (χ1) is 20.5. The summed E-state index contributed by atoms with van der Waals surface area (Å²) in [5.74, 6) is 1.04. The molecule has 0 atom stereocenters. The maximum atomic E-state index is 15.2. The third-order valence-corrected chi connectivity index (χ3v) is 8.86. The standard InChI is InChI=1S/C30H26FN5O5S/c31-23-8-4-9-26-28(23)24-17-22-25(19-32-24)36(42(37,38)21-6-2-1-3-7-21)34-29(22)20-16-27(41-13-5-12-40-26)30(33-18-20)35-10-14-39-15-11-35/h1-4,6-9,16-19H,5,10-15H2. The maximum Gasteiger partial charge on any atom is 0.283 e. The van der Waals surface area contributed by atoms with Crippen LogP contribution in [0.1, 0.15) is 6.42 Å². The Bertz CT molecular complexity index is 1890. The van der Waals surface area contributed by atoms with E-state index in [1.165, 1.54) is 24.4 Å². The molecule has 3 aromatic heterocycles. The van der Waals surface area contributed by atoms with Gasteiger partial charge in [-0.05, 0) is 36.4 Å². The Morgan fingerprint density at radius 2 is 1.62 bits per heavy atom. The average molecular weight is 588 g/mol. The molecule has 0 N–H and O–H groups in total. The summed E-state index contributed by atoms with van der Waals surface area (Å²) in [6.07, 6.45) is 3.59. The van der Waals surface area contributed by atoms with Crippen LogP contribution in [0.2, 0.25) is 0 Å². The van der Waals surface area contributed by atoms with Gasteiger partial charge in [-0.1, -0.05) is 24.3 Å². The summed E-state index contributed by atoms with van der Waals surface area (Å²) < 4.78 is 61.5. The van der Waals surface area contributed by atoms with Crippen molar-refractivity contribution >= 4 is 26.7 Å². The first-order valence-electron chi connectivity index (χ1n) is 13.6. The van der Waals surface area contributed by atoms with Gasteiger partial charge in [0.2, 0.25) is 0 Å². The van der Waals surface area contributed by atoms with Crippen LogP contribution >= 0.6 is 0 Å². The fourth-order valence-corrected chi connectivity index (χ4v) is 6.49. The van der Waals surface area contributed by atoms with Gasteiger partial charge in [0.1, 0.15) is 22.8 Å². The molecule has 1 saturated heterocycles. The number of rotatable bonds is 3. The van der Waals surface area contributed by atoms with Crippen LogP contribution in [-0.4, -0.2) is 67.1 Å². The van der Waals surface area contributed by atoms with Crippen LogP contribution in [-0.2, 0) is 14.8 Å². The monoisotopic (exact) mass is 587 g/mol. The number of morpholine rings is 1. The van der Waals surface area contributed by atoms with E-state index in [0.717, 1.165) is 4.09 Å². The van der Waals surface area contributed by atoms with Gasteiger partial charge in [0, 0.05) is 36.7 Å². The van der Waals surface area contributed by atoms with E-state index in [4.69, 9.17) is 19.2 Å². The molecule has 2 aliphatic heterocycles. The van der Waals surface area contributed by atoms with Gasteiger partial charge < -0.3 is 19.1 Å². The van der Waals surface area contributed by atoms with Gasteiger partial charge in [-0.2, -0.15) is 17.6 Å². The van der Waals surface area contributed by atoms with Crippen molar-refractivity contribution in [2.45, 2.75) is 11.3 Å². The fourth-order valence-electron chi connectivity index (χ4n) is 5.20. The zero-order chi connectivity index (χ0) is 28.7. The van der Waals surface area contributed by atoms with Gasteiger partial charge >= 0.3 is 0 Å². The fraction of sp³-hybridized carbons (Fsp3) is 0.233. The lowest BCUT2D eigenvalue weighted by Gasteiger charge is -2.29. The molecule has 0 radical (unpaired) electrons. The van der Waals surface area contributed by atoms with Crippen molar-refractivity contribution in [3.8, 4) is 34.0 Å². The van der Waals surface area contributed by atoms with Gasteiger partial charge in [0.15, 0.2) is 11.6 Å². The smallest absolute Gasteiger partial charge is 0.283 e.